The number of rotatable bonds is 0. The first-order valence-electron chi connectivity index (χ1n) is 2.66. The number of carbonyl (C=O) groups is 2. The monoisotopic (exact) mass is 144 g/mol. The molecule has 10 heavy (non-hydrogen) atoms. The molecular weight excluding hydrogens is 138 g/mol. The van der Waals surface area contributed by atoms with Gasteiger partial charge in [-0.1, -0.05) is 0 Å². The lowest BCUT2D eigenvalue weighted by Crippen LogP contribution is -2.41. The molecule has 0 atom stereocenters. The van der Waals surface area contributed by atoms with Crippen LogP contribution in [0.1, 0.15) is 6.92 Å². The molecular formula is C4H6N3O3-. The highest BCUT2D eigenvalue weighted by Gasteiger charge is 2.24. The second kappa shape index (κ2) is 2.33. The number of hydrogen-bond acceptors (Lipinski definition) is 5. The van der Waals surface area contributed by atoms with Gasteiger partial charge in [-0.25, -0.2) is 0 Å². The van der Waals surface area contributed by atoms with Crippen molar-refractivity contribution in [2.45, 2.75) is 6.92 Å². The third kappa shape index (κ3) is 1.13. The molecule has 1 saturated heterocycles. The van der Waals surface area contributed by atoms with E-state index in [1.165, 1.54) is 6.92 Å². The van der Waals surface area contributed by atoms with Gasteiger partial charge in [-0.05, 0) is 0 Å². The van der Waals surface area contributed by atoms with E-state index in [4.69, 9.17) is 0 Å². The molecule has 0 bridgehead atoms. The van der Waals surface area contributed by atoms with E-state index in [9.17, 15) is 14.8 Å². The van der Waals surface area contributed by atoms with E-state index in [1.54, 1.807) is 0 Å². The highest BCUT2D eigenvalue weighted by Crippen LogP contribution is 1.97. The molecule has 0 aromatic carbocycles. The zero-order chi connectivity index (χ0) is 7.72. The number of nitrogens with one attached hydrogen (secondary N) is 1. The lowest BCUT2D eigenvalue weighted by molar-refractivity contribution is -0.143. The minimum Gasteiger partial charge on any atom is -0.770 e. The fourth-order valence-corrected chi connectivity index (χ4v) is 0.642. The van der Waals surface area contributed by atoms with Gasteiger partial charge in [0.25, 0.3) is 5.91 Å². The van der Waals surface area contributed by atoms with Gasteiger partial charge in [-0.2, -0.15) is 10.5 Å². The Morgan fingerprint density at radius 1 is 1.80 bits per heavy atom. The summed E-state index contributed by atoms with van der Waals surface area (Å²) in [5, 5.41) is 11.3. The smallest absolute Gasteiger partial charge is 0.259 e. The minimum absolute atomic E-state index is 0.295. The van der Waals surface area contributed by atoms with Gasteiger partial charge in [0.05, 0.1) is 6.54 Å². The molecule has 0 aliphatic carbocycles. The van der Waals surface area contributed by atoms with Gasteiger partial charge in [0.2, 0.25) is 5.91 Å². The molecule has 1 fully saturated rings. The second-order valence-corrected chi connectivity index (χ2v) is 1.88. The van der Waals surface area contributed by atoms with Crippen LogP contribution in [0.25, 0.3) is 0 Å². The molecule has 0 unspecified atom stereocenters. The van der Waals surface area contributed by atoms with Crippen molar-refractivity contribution in [2.24, 2.45) is 0 Å². The second-order valence-electron chi connectivity index (χ2n) is 1.88. The SMILES string of the molecule is CC(=O)N1NN([O-])CC1=O. The average molecular weight is 144 g/mol. The first-order valence-corrected chi connectivity index (χ1v) is 2.66. The number of hydrazine groups is 2. The Morgan fingerprint density at radius 3 is 2.60 bits per heavy atom. The highest BCUT2D eigenvalue weighted by atomic mass is 16.6. The molecule has 1 aliphatic heterocycles. The summed E-state index contributed by atoms with van der Waals surface area (Å²) >= 11 is 0. The Kier molecular flexibility index (Phi) is 1.66. The summed E-state index contributed by atoms with van der Waals surface area (Å²) in [6, 6.07) is 0. The van der Waals surface area contributed by atoms with E-state index in [0.29, 0.717) is 10.2 Å². The number of imide groups is 1. The summed E-state index contributed by atoms with van der Waals surface area (Å²) in [6.45, 7) is 0.892. The van der Waals surface area contributed by atoms with Crippen LogP contribution in [-0.4, -0.2) is 28.5 Å². The predicted molar refractivity (Wildman–Crippen MR) is 30.7 cm³/mol. The van der Waals surface area contributed by atoms with Crippen LogP contribution in [0.3, 0.4) is 0 Å². The van der Waals surface area contributed by atoms with E-state index >= 15 is 0 Å². The van der Waals surface area contributed by atoms with Gasteiger partial charge in [0, 0.05) is 6.92 Å². The van der Waals surface area contributed by atoms with Gasteiger partial charge in [-0.3, -0.25) is 14.8 Å². The zero-order valence-electron chi connectivity index (χ0n) is 5.33. The molecule has 6 heteroatoms. The van der Waals surface area contributed by atoms with E-state index < -0.39 is 11.8 Å². The quantitative estimate of drug-likeness (QED) is 0.452. The zero-order valence-corrected chi connectivity index (χ0v) is 5.33. The van der Waals surface area contributed by atoms with Crippen molar-refractivity contribution in [2.75, 3.05) is 6.54 Å². The summed E-state index contributed by atoms with van der Waals surface area (Å²) in [5.74, 6) is -1.01. The van der Waals surface area contributed by atoms with Crippen molar-refractivity contribution in [3.8, 4) is 0 Å². The predicted octanol–water partition coefficient (Wildman–Crippen LogP) is -1.41. The van der Waals surface area contributed by atoms with Gasteiger partial charge in [0.1, 0.15) is 0 Å². The van der Waals surface area contributed by atoms with E-state index in [-0.39, 0.29) is 6.54 Å². The van der Waals surface area contributed by atoms with E-state index in [2.05, 4.69) is 0 Å². The van der Waals surface area contributed by atoms with Crippen molar-refractivity contribution in [1.29, 1.82) is 0 Å². The van der Waals surface area contributed by atoms with E-state index in [1.807, 2.05) is 5.53 Å². The topological polar surface area (TPSA) is 75.7 Å². The van der Waals surface area contributed by atoms with Crippen LogP contribution in [0, 0.1) is 5.21 Å². The summed E-state index contributed by atoms with van der Waals surface area (Å²) in [4.78, 5) is 21.1. The van der Waals surface area contributed by atoms with Crippen LogP contribution in [0.4, 0.5) is 0 Å². The molecule has 0 aromatic rings. The molecule has 6 nitrogen and oxygen atoms in total. The molecule has 1 rings (SSSR count). The summed E-state index contributed by atoms with van der Waals surface area (Å²) in [6.07, 6.45) is 0. The standard InChI is InChI=1S/C4H6N3O3/c1-3(8)7-4(9)2-6(10)5-7/h5H,2H2,1H3/q-1. The summed E-state index contributed by atoms with van der Waals surface area (Å²) in [5.41, 5.74) is 2.02. The van der Waals surface area contributed by atoms with Crippen LogP contribution in [-0.2, 0) is 9.59 Å². The van der Waals surface area contributed by atoms with Crippen molar-refractivity contribution in [1.82, 2.24) is 15.7 Å². The molecule has 1 N–H and O–H groups in total. The molecule has 0 aromatic heterocycles. The summed E-state index contributed by atoms with van der Waals surface area (Å²) in [7, 11) is 0. The minimum atomic E-state index is -0.525. The first kappa shape index (κ1) is 7.13. The molecule has 0 saturated carbocycles. The maximum absolute atomic E-state index is 10.6. The van der Waals surface area contributed by atoms with E-state index in [0.717, 1.165) is 0 Å². The van der Waals surface area contributed by atoms with Gasteiger partial charge >= 0.3 is 0 Å². The van der Waals surface area contributed by atoms with Gasteiger partial charge < -0.3 is 5.21 Å². The van der Waals surface area contributed by atoms with Crippen LogP contribution < -0.4 is 5.53 Å². The lowest BCUT2D eigenvalue weighted by Gasteiger charge is -2.20. The molecule has 56 valence electrons. The number of amides is 2. The Labute approximate surface area is 56.9 Å². The molecule has 2 amide bonds. The third-order valence-corrected chi connectivity index (χ3v) is 1.05. The fraction of sp³-hybridized carbons (Fsp3) is 0.500. The normalized spacial score (nSPS) is 20.2. The van der Waals surface area contributed by atoms with Crippen LogP contribution in [0.15, 0.2) is 0 Å². The first-order chi connectivity index (χ1) is 4.61. The van der Waals surface area contributed by atoms with Crippen molar-refractivity contribution >= 4 is 11.8 Å². The lowest BCUT2D eigenvalue weighted by atomic mass is 10.5. The number of nitrogens with zero attached hydrogens (tertiary/aromatic N) is 2. The third-order valence-electron chi connectivity index (χ3n) is 1.05. The number of hydrogen-bond donors (Lipinski definition) is 1. The number of hydroxylamine groups is 1. The average Bonchev–Trinajstić information content (AvgIpc) is 2.10. The van der Waals surface area contributed by atoms with Crippen LogP contribution in [0.5, 0.6) is 0 Å². The van der Waals surface area contributed by atoms with Crippen LogP contribution >= 0.6 is 0 Å². The maximum atomic E-state index is 10.6. The van der Waals surface area contributed by atoms with Gasteiger partial charge in [-0.15, -0.1) is 0 Å². The van der Waals surface area contributed by atoms with Gasteiger partial charge in [0.15, 0.2) is 0 Å². The molecule has 1 heterocycles. The van der Waals surface area contributed by atoms with Crippen LogP contribution in [0.2, 0.25) is 0 Å². The molecule has 0 spiro atoms. The maximum Gasteiger partial charge on any atom is 0.259 e. The Balaban J connectivity index is 2.63. The van der Waals surface area contributed by atoms with Crippen molar-refractivity contribution in [3.63, 3.8) is 0 Å². The number of carbonyl (C=O) groups excluding carboxylic acids is 2. The molecule has 0 radical (unpaired) electrons. The Bertz CT molecular complexity index is 181. The Morgan fingerprint density at radius 2 is 2.40 bits per heavy atom. The largest absolute Gasteiger partial charge is 0.770 e. The molecule has 1 aliphatic rings. The summed E-state index contributed by atoms with van der Waals surface area (Å²) < 4.78 is 0. The Hall–Kier alpha value is -0.980. The highest BCUT2D eigenvalue weighted by molar-refractivity contribution is 5.95. The fourth-order valence-electron chi connectivity index (χ4n) is 0.642. The van der Waals surface area contributed by atoms with Crippen molar-refractivity contribution in [3.05, 3.63) is 5.21 Å². The van der Waals surface area contributed by atoms with Crippen molar-refractivity contribution < 1.29 is 9.59 Å².